The summed E-state index contributed by atoms with van der Waals surface area (Å²) >= 11 is 0. The highest BCUT2D eigenvalue weighted by Gasteiger charge is 2.26. The van der Waals surface area contributed by atoms with Gasteiger partial charge >= 0.3 is 6.03 Å². The molecule has 1 aromatic carbocycles. The predicted octanol–water partition coefficient (Wildman–Crippen LogP) is 1.04. The molecule has 3 rings (SSSR count). The first-order valence-electron chi connectivity index (χ1n) is 7.75. The van der Waals surface area contributed by atoms with Gasteiger partial charge in [-0.3, -0.25) is 9.69 Å². The molecule has 2 aliphatic rings. The highest BCUT2D eigenvalue weighted by atomic mass is 16.2. The molecule has 2 aliphatic heterocycles. The molecular weight excluding hydrogens is 280 g/mol. The zero-order valence-corrected chi connectivity index (χ0v) is 13.0. The average molecular weight is 302 g/mol. The van der Waals surface area contributed by atoms with E-state index < -0.39 is 0 Å². The SMILES string of the molecule is C[C@H]1CN(C(=O)c2ccc(N3CCNC3=O)cc2)C[C@H](C)N1. The zero-order chi connectivity index (χ0) is 15.7. The molecule has 3 amide bonds. The average Bonchev–Trinajstić information content (AvgIpc) is 2.92. The molecule has 2 N–H and O–H groups in total. The Hall–Kier alpha value is -2.08. The molecule has 2 fully saturated rings. The number of hydrogen-bond acceptors (Lipinski definition) is 3. The first-order chi connectivity index (χ1) is 10.5. The molecule has 22 heavy (non-hydrogen) atoms. The van der Waals surface area contributed by atoms with E-state index >= 15 is 0 Å². The summed E-state index contributed by atoms with van der Waals surface area (Å²) in [6.45, 7) is 6.95. The molecule has 1 aromatic rings. The lowest BCUT2D eigenvalue weighted by molar-refractivity contribution is 0.0674. The van der Waals surface area contributed by atoms with E-state index in [9.17, 15) is 9.59 Å². The van der Waals surface area contributed by atoms with Crippen LogP contribution in [0.25, 0.3) is 0 Å². The van der Waals surface area contributed by atoms with E-state index in [0.29, 0.717) is 30.7 Å². The van der Waals surface area contributed by atoms with Gasteiger partial charge in [0.2, 0.25) is 0 Å². The minimum atomic E-state index is -0.0798. The maximum absolute atomic E-state index is 12.6. The van der Waals surface area contributed by atoms with Gasteiger partial charge in [-0.25, -0.2) is 4.79 Å². The van der Waals surface area contributed by atoms with Crippen LogP contribution in [-0.2, 0) is 0 Å². The van der Waals surface area contributed by atoms with Crippen LogP contribution < -0.4 is 15.5 Å². The Balaban J connectivity index is 1.72. The predicted molar refractivity (Wildman–Crippen MR) is 85.1 cm³/mol. The van der Waals surface area contributed by atoms with Gasteiger partial charge in [0, 0.05) is 49.5 Å². The van der Waals surface area contributed by atoms with E-state index in [0.717, 1.165) is 18.8 Å². The Bertz CT molecular complexity index is 562. The van der Waals surface area contributed by atoms with Crippen molar-refractivity contribution in [3.05, 3.63) is 29.8 Å². The third-order valence-electron chi connectivity index (χ3n) is 4.13. The summed E-state index contributed by atoms with van der Waals surface area (Å²) in [6.07, 6.45) is 0. The summed E-state index contributed by atoms with van der Waals surface area (Å²) in [7, 11) is 0. The van der Waals surface area contributed by atoms with Crippen LogP contribution in [0.15, 0.2) is 24.3 Å². The quantitative estimate of drug-likeness (QED) is 0.858. The van der Waals surface area contributed by atoms with Crippen molar-refractivity contribution in [1.29, 1.82) is 0 Å². The maximum atomic E-state index is 12.6. The van der Waals surface area contributed by atoms with E-state index in [-0.39, 0.29) is 11.9 Å². The number of urea groups is 1. The molecule has 0 saturated carbocycles. The Labute approximate surface area is 130 Å². The Morgan fingerprint density at radius 1 is 1.14 bits per heavy atom. The van der Waals surface area contributed by atoms with Crippen molar-refractivity contribution in [3.63, 3.8) is 0 Å². The summed E-state index contributed by atoms with van der Waals surface area (Å²) in [5.74, 6) is 0.0534. The normalized spacial score (nSPS) is 25.3. The highest BCUT2D eigenvalue weighted by molar-refractivity contribution is 5.97. The lowest BCUT2D eigenvalue weighted by Crippen LogP contribution is -2.55. The molecule has 118 valence electrons. The fraction of sp³-hybridized carbons (Fsp3) is 0.500. The molecule has 0 radical (unpaired) electrons. The van der Waals surface area contributed by atoms with Crippen LogP contribution in [0.5, 0.6) is 0 Å². The van der Waals surface area contributed by atoms with E-state index in [1.165, 1.54) is 0 Å². The zero-order valence-electron chi connectivity index (χ0n) is 13.0. The molecule has 2 saturated heterocycles. The van der Waals surface area contributed by atoms with Gasteiger partial charge in [-0.05, 0) is 38.1 Å². The smallest absolute Gasteiger partial charge is 0.321 e. The molecule has 6 heteroatoms. The Morgan fingerprint density at radius 2 is 1.77 bits per heavy atom. The number of hydrogen-bond donors (Lipinski definition) is 2. The van der Waals surface area contributed by atoms with Crippen LogP contribution in [0.3, 0.4) is 0 Å². The molecule has 6 nitrogen and oxygen atoms in total. The first kappa shape index (κ1) is 14.8. The molecule has 2 heterocycles. The van der Waals surface area contributed by atoms with Crippen molar-refractivity contribution in [2.24, 2.45) is 0 Å². The summed E-state index contributed by atoms with van der Waals surface area (Å²) < 4.78 is 0. The van der Waals surface area contributed by atoms with Crippen LogP contribution in [0.2, 0.25) is 0 Å². The number of nitrogens with one attached hydrogen (secondary N) is 2. The third kappa shape index (κ3) is 2.92. The summed E-state index contributed by atoms with van der Waals surface area (Å²) in [6, 6.07) is 7.83. The van der Waals surface area contributed by atoms with E-state index in [2.05, 4.69) is 24.5 Å². The second kappa shape index (κ2) is 5.96. The summed E-state index contributed by atoms with van der Waals surface area (Å²) in [5.41, 5.74) is 1.50. The molecule has 0 spiro atoms. The lowest BCUT2D eigenvalue weighted by Gasteiger charge is -2.36. The third-order valence-corrected chi connectivity index (χ3v) is 4.13. The number of anilines is 1. The highest BCUT2D eigenvalue weighted by Crippen LogP contribution is 2.18. The lowest BCUT2D eigenvalue weighted by atomic mass is 10.1. The number of carbonyl (C=O) groups is 2. The number of amides is 3. The van der Waals surface area contributed by atoms with E-state index in [4.69, 9.17) is 0 Å². The Kier molecular flexibility index (Phi) is 4.02. The van der Waals surface area contributed by atoms with Crippen LogP contribution in [0, 0.1) is 0 Å². The fourth-order valence-electron chi connectivity index (χ4n) is 3.18. The fourth-order valence-corrected chi connectivity index (χ4v) is 3.18. The largest absolute Gasteiger partial charge is 0.336 e. The molecular formula is C16H22N4O2. The minimum absolute atomic E-state index is 0.0534. The molecule has 0 aliphatic carbocycles. The van der Waals surface area contributed by atoms with E-state index in [1.54, 1.807) is 17.0 Å². The van der Waals surface area contributed by atoms with Crippen LogP contribution in [0.1, 0.15) is 24.2 Å². The second-order valence-corrected chi connectivity index (χ2v) is 6.11. The molecule has 2 atom stereocenters. The second-order valence-electron chi connectivity index (χ2n) is 6.11. The van der Waals surface area contributed by atoms with Crippen molar-refractivity contribution in [2.75, 3.05) is 31.1 Å². The Morgan fingerprint density at radius 3 is 2.32 bits per heavy atom. The number of rotatable bonds is 2. The van der Waals surface area contributed by atoms with Gasteiger partial charge in [0.1, 0.15) is 0 Å². The number of carbonyl (C=O) groups excluding carboxylic acids is 2. The van der Waals surface area contributed by atoms with Gasteiger partial charge in [-0.15, -0.1) is 0 Å². The van der Waals surface area contributed by atoms with Gasteiger partial charge in [-0.1, -0.05) is 0 Å². The van der Waals surface area contributed by atoms with Crippen molar-refractivity contribution in [1.82, 2.24) is 15.5 Å². The first-order valence-corrected chi connectivity index (χ1v) is 7.75. The van der Waals surface area contributed by atoms with E-state index in [1.807, 2.05) is 17.0 Å². The summed E-state index contributed by atoms with van der Waals surface area (Å²) in [4.78, 5) is 27.8. The van der Waals surface area contributed by atoms with Crippen molar-refractivity contribution in [3.8, 4) is 0 Å². The number of nitrogens with zero attached hydrogens (tertiary/aromatic N) is 2. The standard InChI is InChI=1S/C16H22N4O2/c1-11-9-19(10-12(2)18-11)15(21)13-3-5-14(6-4-13)20-8-7-17-16(20)22/h3-6,11-12,18H,7-10H2,1-2H3,(H,17,22)/t11-,12-/m0/s1. The summed E-state index contributed by atoms with van der Waals surface area (Å²) in [5, 5.41) is 6.19. The topological polar surface area (TPSA) is 64.7 Å². The van der Waals surface area contributed by atoms with Crippen molar-refractivity contribution >= 4 is 17.6 Å². The molecule has 0 aromatic heterocycles. The maximum Gasteiger partial charge on any atom is 0.321 e. The van der Waals surface area contributed by atoms with Gasteiger partial charge < -0.3 is 15.5 Å². The number of benzene rings is 1. The molecule has 0 unspecified atom stereocenters. The van der Waals surface area contributed by atoms with Crippen molar-refractivity contribution in [2.45, 2.75) is 25.9 Å². The van der Waals surface area contributed by atoms with Gasteiger partial charge in [0.25, 0.3) is 5.91 Å². The van der Waals surface area contributed by atoms with Gasteiger partial charge in [-0.2, -0.15) is 0 Å². The van der Waals surface area contributed by atoms with Crippen LogP contribution >= 0.6 is 0 Å². The van der Waals surface area contributed by atoms with Gasteiger partial charge in [0.15, 0.2) is 0 Å². The minimum Gasteiger partial charge on any atom is -0.336 e. The van der Waals surface area contributed by atoms with Crippen LogP contribution in [0.4, 0.5) is 10.5 Å². The number of piperazine rings is 1. The van der Waals surface area contributed by atoms with Crippen molar-refractivity contribution < 1.29 is 9.59 Å². The van der Waals surface area contributed by atoms with Gasteiger partial charge in [0.05, 0.1) is 0 Å². The molecule has 0 bridgehead atoms. The monoisotopic (exact) mass is 302 g/mol. The van der Waals surface area contributed by atoms with Crippen LogP contribution in [-0.4, -0.2) is 55.1 Å².